The summed E-state index contributed by atoms with van der Waals surface area (Å²) in [5.74, 6) is -0.0707. The van der Waals surface area contributed by atoms with Crippen LogP contribution < -0.4 is 16.0 Å². The van der Waals surface area contributed by atoms with Crippen molar-refractivity contribution in [2.75, 3.05) is 29.5 Å². The zero-order valence-corrected chi connectivity index (χ0v) is 11.8. The number of likely N-dealkylation sites (N-methyl/N-ethyl adjacent to an activating group) is 1. The molecule has 1 amide bonds. The van der Waals surface area contributed by atoms with Gasteiger partial charge in [0.25, 0.3) is 0 Å². The fourth-order valence-corrected chi connectivity index (χ4v) is 1.92. The topological polar surface area (TPSA) is 58.4 Å². The molecule has 0 aromatic heterocycles. The second kappa shape index (κ2) is 6.10. The van der Waals surface area contributed by atoms with Crippen molar-refractivity contribution in [1.29, 1.82) is 0 Å². The Morgan fingerprint density at radius 3 is 2.55 bits per heavy atom. The summed E-state index contributed by atoms with van der Waals surface area (Å²) in [6, 6.07) is 15.2. The van der Waals surface area contributed by atoms with Crippen LogP contribution in [0.15, 0.2) is 48.5 Å². The molecule has 0 fully saturated rings. The maximum absolute atomic E-state index is 12.0. The van der Waals surface area contributed by atoms with Gasteiger partial charge < -0.3 is 16.0 Å². The van der Waals surface area contributed by atoms with Crippen molar-refractivity contribution >= 4 is 23.0 Å². The number of nitrogens with one attached hydrogen (secondary N) is 1. The van der Waals surface area contributed by atoms with Gasteiger partial charge in [0, 0.05) is 24.1 Å². The summed E-state index contributed by atoms with van der Waals surface area (Å²) in [5, 5.41) is 2.83. The molecular formula is C16H19N3O. The Balaban J connectivity index is 1.95. The van der Waals surface area contributed by atoms with Gasteiger partial charge >= 0.3 is 0 Å². The molecule has 4 heteroatoms. The molecule has 20 heavy (non-hydrogen) atoms. The van der Waals surface area contributed by atoms with E-state index in [0.29, 0.717) is 11.4 Å². The monoisotopic (exact) mass is 269 g/mol. The number of anilines is 3. The Hall–Kier alpha value is -2.49. The molecule has 0 atom stereocenters. The molecule has 0 aliphatic heterocycles. The summed E-state index contributed by atoms with van der Waals surface area (Å²) in [6.07, 6.45) is 0. The molecule has 2 aromatic rings. The maximum Gasteiger partial charge on any atom is 0.243 e. The van der Waals surface area contributed by atoms with Crippen molar-refractivity contribution in [2.45, 2.75) is 6.92 Å². The number of nitrogens with zero attached hydrogens (tertiary/aromatic N) is 1. The lowest BCUT2D eigenvalue weighted by molar-refractivity contribution is -0.114. The number of amides is 1. The minimum atomic E-state index is -0.0707. The van der Waals surface area contributed by atoms with Gasteiger partial charge in [-0.2, -0.15) is 0 Å². The summed E-state index contributed by atoms with van der Waals surface area (Å²) in [7, 11) is 1.89. The van der Waals surface area contributed by atoms with Crippen LogP contribution in [0.2, 0.25) is 0 Å². The highest BCUT2D eigenvalue weighted by Gasteiger charge is 2.07. The first-order valence-electron chi connectivity index (χ1n) is 6.48. The third-order valence-electron chi connectivity index (χ3n) is 3.03. The lowest BCUT2D eigenvalue weighted by atomic mass is 10.2. The quantitative estimate of drug-likeness (QED) is 0.839. The van der Waals surface area contributed by atoms with Gasteiger partial charge in [-0.1, -0.05) is 23.8 Å². The van der Waals surface area contributed by atoms with Crippen molar-refractivity contribution in [3.63, 3.8) is 0 Å². The van der Waals surface area contributed by atoms with Crippen molar-refractivity contribution < 1.29 is 4.79 Å². The van der Waals surface area contributed by atoms with E-state index in [2.05, 4.69) is 5.32 Å². The SMILES string of the molecule is Cc1ccc(N(C)CC(=O)Nc2cccc(N)c2)cc1. The molecule has 0 heterocycles. The minimum Gasteiger partial charge on any atom is -0.399 e. The molecule has 2 rings (SSSR count). The van der Waals surface area contributed by atoms with E-state index in [0.717, 1.165) is 5.69 Å². The summed E-state index contributed by atoms with van der Waals surface area (Å²) in [4.78, 5) is 13.9. The predicted octanol–water partition coefficient (Wildman–Crippen LogP) is 2.65. The molecule has 3 N–H and O–H groups in total. The zero-order chi connectivity index (χ0) is 14.5. The van der Waals surface area contributed by atoms with E-state index in [1.165, 1.54) is 5.56 Å². The Morgan fingerprint density at radius 2 is 1.90 bits per heavy atom. The smallest absolute Gasteiger partial charge is 0.243 e. The standard InChI is InChI=1S/C16H19N3O/c1-12-6-8-15(9-7-12)19(2)11-16(20)18-14-5-3-4-13(17)10-14/h3-10H,11,17H2,1-2H3,(H,18,20). The van der Waals surface area contributed by atoms with Crippen LogP contribution in [0.1, 0.15) is 5.56 Å². The van der Waals surface area contributed by atoms with E-state index in [9.17, 15) is 4.79 Å². The van der Waals surface area contributed by atoms with E-state index in [-0.39, 0.29) is 12.5 Å². The van der Waals surface area contributed by atoms with Crippen molar-refractivity contribution in [2.24, 2.45) is 0 Å². The van der Waals surface area contributed by atoms with Crippen molar-refractivity contribution in [1.82, 2.24) is 0 Å². The van der Waals surface area contributed by atoms with Crippen LogP contribution in [0.25, 0.3) is 0 Å². The van der Waals surface area contributed by atoms with Gasteiger partial charge in [0.05, 0.1) is 6.54 Å². The fourth-order valence-electron chi connectivity index (χ4n) is 1.92. The number of carbonyl (C=O) groups is 1. The van der Waals surface area contributed by atoms with Crippen LogP contribution in [0.5, 0.6) is 0 Å². The summed E-state index contributed by atoms with van der Waals surface area (Å²) < 4.78 is 0. The first-order chi connectivity index (χ1) is 9.54. The molecular weight excluding hydrogens is 250 g/mol. The molecule has 0 saturated carbocycles. The summed E-state index contributed by atoms with van der Waals surface area (Å²) in [6.45, 7) is 2.33. The molecule has 0 bridgehead atoms. The van der Waals surface area contributed by atoms with Gasteiger partial charge in [-0.05, 0) is 37.3 Å². The normalized spacial score (nSPS) is 10.1. The van der Waals surface area contributed by atoms with Gasteiger partial charge in [0.1, 0.15) is 0 Å². The maximum atomic E-state index is 12.0. The molecule has 4 nitrogen and oxygen atoms in total. The van der Waals surface area contributed by atoms with Crippen LogP contribution in [0.3, 0.4) is 0 Å². The fraction of sp³-hybridized carbons (Fsp3) is 0.188. The molecule has 0 radical (unpaired) electrons. The van der Waals surface area contributed by atoms with E-state index in [1.54, 1.807) is 12.1 Å². The molecule has 2 aromatic carbocycles. The first kappa shape index (κ1) is 13.9. The van der Waals surface area contributed by atoms with Crippen molar-refractivity contribution in [3.05, 3.63) is 54.1 Å². The average Bonchev–Trinajstić information content (AvgIpc) is 2.39. The number of rotatable bonds is 4. The first-order valence-corrected chi connectivity index (χ1v) is 6.48. The molecule has 0 aliphatic carbocycles. The van der Waals surface area contributed by atoms with Gasteiger partial charge in [0.2, 0.25) is 5.91 Å². The summed E-state index contributed by atoms with van der Waals surface area (Å²) >= 11 is 0. The minimum absolute atomic E-state index is 0.0707. The van der Waals surface area contributed by atoms with Gasteiger partial charge in [-0.3, -0.25) is 4.79 Å². The van der Waals surface area contributed by atoms with E-state index >= 15 is 0 Å². The Bertz CT molecular complexity index is 593. The van der Waals surface area contributed by atoms with Crippen LogP contribution in [0, 0.1) is 6.92 Å². The zero-order valence-electron chi connectivity index (χ0n) is 11.8. The highest BCUT2D eigenvalue weighted by atomic mass is 16.2. The number of hydrogen-bond acceptors (Lipinski definition) is 3. The van der Waals surface area contributed by atoms with Crippen LogP contribution in [0.4, 0.5) is 17.1 Å². The average molecular weight is 269 g/mol. The second-order valence-electron chi connectivity index (χ2n) is 4.87. The molecule has 0 aliphatic rings. The Kier molecular flexibility index (Phi) is 4.25. The Labute approximate surface area is 119 Å². The van der Waals surface area contributed by atoms with Crippen LogP contribution >= 0.6 is 0 Å². The highest BCUT2D eigenvalue weighted by molar-refractivity contribution is 5.94. The highest BCUT2D eigenvalue weighted by Crippen LogP contribution is 2.14. The number of hydrogen-bond donors (Lipinski definition) is 2. The molecule has 104 valence electrons. The molecule has 0 saturated heterocycles. The van der Waals surface area contributed by atoms with E-state index < -0.39 is 0 Å². The van der Waals surface area contributed by atoms with Gasteiger partial charge in [-0.15, -0.1) is 0 Å². The lowest BCUT2D eigenvalue weighted by Gasteiger charge is -2.19. The third-order valence-corrected chi connectivity index (χ3v) is 3.03. The van der Waals surface area contributed by atoms with Gasteiger partial charge in [0.15, 0.2) is 0 Å². The number of benzene rings is 2. The summed E-state index contributed by atoms with van der Waals surface area (Å²) in [5.41, 5.74) is 9.24. The number of nitrogen functional groups attached to an aromatic ring is 1. The largest absolute Gasteiger partial charge is 0.399 e. The van der Waals surface area contributed by atoms with E-state index in [1.807, 2.05) is 55.3 Å². The lowest BCUT2D eigenvalue weighted by Crippen LogP contribution is -2.30. The van der Waals surface area contributed by atoms with Crippen LogP contribution in [-0.4, -0.2) is 19.5 Å². The number of aryl methyl sites for hydroxylation is 1. The van der Waals surface area contributed by atoms with Gasteiger partial charge in [-0.25, -0.2) is 0 Å². The van der Waals surface area contributed by atoms with Crippen LogP contribution in [-0.2, 0) is 4.79 Å². The predicted molar refractivity (Wildman–Crippen MR) is 83.9 cm³/mol. The number of carbonyl (C=O) groups excluding carboxylic acids is 1. The number of nitrogens with two attached hydrogens (primary N) is 1. The van der Waals surface area contributed by atoms with Crippen molar-refractivity contribution in [3.8, 4) is 0 Å². The second-order valence-corrected chi connectivity index (χ2v) is 4.87. The Morgan fingerprint density at radius 1 is 1.20 bits per heavy atom. The molecule has 0 spiro atoms. The third kappa shape index (κ3) is 3.75. The molecule has 0 unspecified atom stereocenters. The van der Waals surface area contributed by atoms with E-state index in [4.69, 9.17) is 5.73 Å².